The second kappa shape index (κ2) is 7.27. The van der Waals surface area contributed by atoms with Gasteiger partial charge in [0.2, 0.25) is 0 Å². The van der Waals surface area contributed by atoms with Gasteiger partial charge in [0.25, 0.3) is 0 Å². The van der Waals surface area contributed by atoms with Gasteiger partial charge in [-0.15, -0.1) is 0 Å². The van der Waals surface area contributed by atoms with Gasteiger partial charge in [0.15, 0.2) is 0 Å². The van der Waals surface area contributed by atoms with Gasteiger partial charge in [0.1, 0.15) is 5.60 Å². The molecule has 1 saturated heterocycles. The van der Waals surface area contributed by atoms with Crippen LogP contribution >= 0.6 is 0 Å². The molecule has 5 heteroatoms. The molecule has 21 heavy (non-hydrogen) atoms. The van der Waals surface area contributed by atoms with Crippen LogP contribution in [0.4, 0.5) is 4.79 Å². The minimum absolute atomic E-state index is 0.195. The molecule has 1 fully saturated rings. The van der Waals surface area contributed by atoms with Crippen molar-refractivity contribution in [1.82, 2.24) is 15.1 Å². The Morgan fingerprint density at radius 2 is 2.00 bits per heavy atom. The van der Waals surface area contributed by atoms with E-state index in [9.17, 15) is 4.79 Å². The Hall–Kier alpha value is -1.07. The molecular weight excluding hydrogens is 266 g/mol. The second-order valence-electron chi connectivity index (χ2n) is 6.88. The topological polar surface area (TPSA) is 44.8 Å². The minimum atomic E-state index is -0.413. The largest absolute Gasteiger partial charge is 0.444 e. The lowest BCUT2D eigenvalue weighted by Gasteiger charge is -2.31. The first-order valence-corrected chi connectivity index (χ1v) is 8.03. The first kappa shape index (κ1) is 16.3. The average Bonchev–Trinajstić information content (AvgIpc) is 2.45. The fourth-order valence-electron chi connectivity index (χ4n) is 2.67. The first-order valence-electron chi connectivity index (χ1n) is 8.03. The summed E-state index contributed by atoms with van der Waals surface area (Å²) in [5.41, 5.74) is 1.07. The second-order valence-corrected chi connectivity index (χ2v) is 6.88. The lowest BCUT2D eigenvalue weighted by atomic mass is 10.0. The highest BCUT2D eigenvalue weighted by Gasteiger charge is 2.23. The molecule has 0 saturated carbocycles. The molecule has 1 amide bonds. The maximum Gasteiger partial charge on any atom is 0.410 e. The molecule has 2 heterocycles. The van der Waals surface area contributed by atoms with Crippen LogP contribution in [-0.2, 0) is 4.74 Å². The van der Waals surface area contributed by atoms with Crippen molar-refractivity contribution in [2.45, 2.75) is 39.2 Å². The summed E-state index contributed by atoms with van der Waals surface area (Å²) in [6.45, 7) is 12.8. The molecule has 0 aromatic carbocycles. The molecule has 0 aliphatic carbocycles. The van der Waals surface area contributed by atoms with Crippen LogP contribution < -0.4 is 5.32 Å². The molecule has 0 aromatic heterocycles. The van der Waals surface area contributed by atoms with Crippen LogP contribution in [0.15, 0.2) is 11.6 Å². The van der Waals surface area contributed by atoms with E-state index in [2.05, 4.69) is 16.3 Å². The smallest absolute Gasteiger partial charge is 0.410 e. The van der Waals surface area contributed by atoms with Gasteiger partial charge in [0, 0.05) is 45.8 Å². The highest BCUT2D eigenvalue weighted by molar-refractivity contribution is 5.68. The van der Waals surface area contributed by atoms with Gasteiger partial charge in [-0.2, -0.15) is 0 Å². The summed E-state index contributed by atoms with van der Waals surface area (Å²) >= 11 is 0. The van der Waals surface area contributed by atoms with Crippen molar-refractivity contribution in [1.29, 1.82) is 0 Å². The van der Waals surface area contributed by atoms with E-state index in [1.807, 2.05) is 20.8 Å². The van der Waals surface area contributed by atoms with Crippen LogP contribution in [0.25, 0.3) is 0 Å². The van der Waals surface area contributed by atoms with Gasteiger partial charge >= 0.3 is 6.09 Å². The van der Waals surface area contributed by atoms with E-state index in [1.54, 1.807) is 4.90 Å². The maximum absolute atomic E-state index is 12.0. The molecule has 0 aromatic rings. The van der Waals surface area contributed by atoms with Crippen LogP contribution in [0.5, 0.6) is 0 Å². The predicted octanol–water partition coefficient (Wildman–Crippen LogP) is 1.85. The van der Waals surface area contributed by atoms with E-state index < -0.39 is 5.60 Å². The zero-order chi connectivity index (χ0) is 15.3. The highest BCUT2D eigenvalue weighted by Crippen LogP contribution is 2.17. The Morgan fingerprint density at radius 1 is 1.29 bits per heavy atom. The van der Waals surface area contributed by atoms with E-state index in [-0.39, 0.29) is 6.09 Å². The van der Waals surface area contributed by atoms with E-state index in [1.165, 1.54) is 5.57 Å². The highest BCUT2D eigenvalue weighted by atomic mass is 16.6. The Labute approximate surface area is 128 Å². The fourth-order valence-corrected chi connectivity index (χ4v) is 2.67. The zero-order valence-electron chi connectivity index (χ0n) is 13.7. The molecule has 120 valence electrons. The van der Waals surface area contributed by atoms with Gasteiger partial charge in [-0.3, -0.25) is 0 Å². The van der Waals surface area contributed by atoms with Crippen molar-refractivity contribution in [2.75, 3.05) is 45.8 Å². The van der Waals surface area contributed by atoms with Crippen molar-refractivity contribution >= 4 is 6.09 Å². The van der Waals surface area contributed by atoms with E-state index in [4.69, 9.17) is 4.74 Å². The normalized spacial score (nSPS) is 21.1. The number of carbonyl (C=O) groups excluding carboxylic acids is 1. The maximum atomic E-state index is 12.0. The molecule has 2 aliphatic heterocycles. The third kappa shape index (κ3) is 5.67. The Bertz CT molecular complexity index is 381. The SMILES string of the molecule is CC(C)(C)OC(=O)N1CC=C(CCN2CCNCC2)CC1. The summed E-state index contributed by atoms with van der Waals surface area (Å²) in [6.07, 6.45) is 4.11. The summed E-state index contributed by atoms with van der Waals surface area (Å²) in [5, 5.41) is 3.38. The third-order valence-electron chi connectivity index (χ3n) is 3.91. The molecule has 2 aliphatic rings. The minimum Gasteiger partial charge on any atom is -0.444 e. The quantitative estimate of drug-likeness (QED) is 0.807. The summed E-state index contributed by atoms with van der Waals surface area (Å²) in [6, 6.07) is 0. The lowest BCUT2D eigenvalue weighted by molar-refractivity contribution is 0.0265. The van der Waals surface area contributed by atoms with Crippen LogP contribution in [0.1, 0.15) is 33.6 Å². The standard InChI is InChI=1S/C16H29N3O2/c1-16(2,3)21-15(20)19-10-5-14(6-11-19)4-9-18-12-7-17-8-13-18/h5,17H,4,6-13H2,1-3H3. The van der Waals surface area contributed by atoms with Gasteiger partial charge in [-0.25, -0.2) is 4.79 Å². The van der Waals surface area contributed by atoms with Crippen LogP contribution in [-0.4, -0.2) is 67.3 Å². The van der Waals surface area contributed by atoms with Crippen molar-refractivity contribution in [3.05, 3.63) is 11.6 Å². The number of hydrogen-bond acceptors (Lipinski definition) is 4. The van der Waals surface area contributed by atoms with Crippen molar-refractivity contribution < 1.29 is 9.53 Å². The lowest BCUT2D eigenvalue weighted by Crippen LogP contribution is -2.44. The summed E-state index contributed by atoms with van der Waals surface area (Å²) in [7, 11) is 0. The van der Waals surface area contributed by atoms with Crippen molar-refractivity contribution in [3.8, 4) is 0 Å². The fraction of sp³-hybridized carbons (Fsp3) is 0.812. The molecule has 2 rings (SSSR count). The Kier molecular flexibility index (Phi) is 5.65. The van der Waals surface area contributed by atoms with Crippen LogP contribution in [0, 0.1) is 0 Å². The average molecular weight is 295 g/mol. The van der Waals surface area contributed by atoms with Crippen LogP contribution in [0.2, 0.25) is 0 Å². The third-order valence-corrected chi connectivity index (χ3v) is 3.91. The number of amides is 1. The summed E-state index contributed by atoms with van der Waals surface area (Å²) in [5.74, 6) is 0. The number of nitrogens with zero attached hydrogens (tertiary/aromatic N) is 2. The molecule has 1 N–H and O–H groups in total. The number of ether oxygens (including phenoxy) is 1. The molecule has 0 unspecified atom stereocenters. The number of hydrogen-bond donors (Lipinski definition) is 1. The molecule has 0 radical (unpaired) electrons. The Balaban J connectivity index is 1.72. The van der Waals surface area contributed by atoms with Crippen molar-refractivity contribution in [2.24, 2.45) is 0 Å². The van der Waals surface area contributed by atoms with Gasteiger partial charge in [-0.1, -0.05) is 11.6 Å². The van der Waals surface area contributed by atoms with Gasteiger partial charge < -0.3 is 19.9 Å². The number of piperazine rings is 1. The van der Waals surface area contributed by atoms with E-state index in [0.29, 0.717) is 6.54 Å². The van der Waals surface area contributed by atoms with Gasteiger partial charge in [0.05, 0.1) is 0 Å². The molecule has 0 bridgehead atoms. The van der Waals surface area contributed by atoms with Crippen molar-refractivity contribution in [3.63, 3.8) is 0 Å². The monoisotopic (exact) mass is 295 g/mol. The van der Waals surface area contributed by atoms with E-state index in [0.717, 1.165) is 52.1 Å². The first-order chi connectivity index (χ1) is 9.94. The van der Waals surface area contributed by atoms with E-state index >= 15 is 0 Å². The summed E-state index contributed by atoms with van der Waals surface area (Å²) < 4.78 is 5.41. The number of rotatable bonds is 3. The number of nitrogens with one attached hydrogen (secondary N) is 1. The predicted molar refractivity (Wildman–Crippen MR) is 84.4 cm³/mol. The van der Waals surface area contributed by atoms with Crippen LogP contribution in [0.3, 0.4) is 0 Å². The Morgan fingerprint density at radius 3 is 2.57 bits per heavy atom. The zero-order valence-corrected chi connectivity index (χ0v) is 13.7. The summed E-state index contributed by atoms with van der Waals surface area (Å²) in [4.78, 5) is 16.3. The molecule has 0 atom stereocenters. The molecular formula is C16H29N3O2. The van der Waals surface area contributed by atoms with Gasteiger partial charge in [-0.05, 0) is 33.6 Å². The molecule has 5 nitrogen and oxygen atoms in total. The molecule has 0 spiro atoms. The number of carbonyl (C=O) groups is 1.